The predicted octanol–water partition coefficient (Wildman–Crippen LogP) is 1.18. The van der Waals surface area contributed by atoms with Crippen molar-refractivity contribution in [2.24, 2.45) is 0 Å². The third-order valence-electron chi connectivity index (χ3n) is 4.02. The zero-order valence-electron chi connectivity index (χ0n) is 16.3. The van der Waals surface area contributed by atoms with Crippen molar-refractivity contribution in [3.8, 4) is 17.1 Å². The molecule has 0 aliphatic heterocycles. The summed E-state index contributed by atoms with van der Waals surface area (Å²) in [6, 6.07) is 4.06. The van der Waals surface area contributed by atoms with Crippen LogP contribution in [0.5, 0.6) is 5.75 Å². The fourth-order valence-electron chi connectivity index (χ4n) is 2.37. The molecule has 1 aromatic carbocycles. The Hall–Kier alpha value is -2.66. The summed E-state index contributed by atoms with van der Waals surface area (Å²) in [5, 5.41) is 6.58. The van der Waals surface area contributed by atoms with Crippen LogP contribution in [0.15, 0.2) is 22.7 Å². The molecule has 0 saturated carbocycles. The maximum atomic E-state index is 13.7. The molecule has 0 atom stereocenters. The van der Waals surface area contributed by atoms with Crippen LogP contribution >= 0.6 is 0 Å². The van der Waals surface area contributed by atoms with Gasteiger partial charge in [0.05, 0.1) is 13.4 Å². The molecule has 0 aliphatic carbocycles. The van der Waals surface area contributed by atoms with E-state index in [1.807, 2.05) is 0 Å². The van der Waals surface area contributed by atoms with E-state index in [1.165, 1.54) is 32.4 Å². The lowest BCUT2D eigenvalue weighted by Gasteiger charge is -2.15. The van der Waals surface area contributed by atoms with Crippen molar-refractivity contribution >= 4 is 21.7 Å². The Kier molecular flexibility index (Phi) is 6.62. The molecule has 9 nitrogen and oxygen atoms in total. The lowest BCUT2D eigenvalue weighted by atomic mass is 10.1. The first-order valence-electron chi connectivity index (χ1n) is 8.26. The SMILES string of the molecule is COc1cc(-c2onc(N(C)C)c2C(=O)NCCN(C)S(C)(=O)=O)ccc1F. The molecule has 28 heavy (non-hydrogen) atoms. The van der Waals surface area contributed by atoms with Crippen molar-refractivity contribution in [1.29, 1.82) is 0 Å². The minimum Gasteiger partial charge on any atom is -0.494 e. The van der Waals surface area contributed by atoms with Gasteiger partial charge >= 0.3 is 0 Å². The normalized spacial score (nSPS) is 11.5. The van der Waals surface area contributed by atoms with Crippen LogP contribution in [0.1, 0.15) is 10.4 Å². The molecule has 154 valence electrons. The Morgan fingerprint density at radius 3 is 2.57 bits per heavy atom. The predicted molar refractivity (Wildman–Crippen MR) is 103 cm³/mol. The van der Waals surface area contributed by atoms with E-state index in [-0.39, 0.29) is 36.0 Å². The summed E-state index contributed by atoms with van der Waals surface area (Å²) in [5.41, 5.74) is 0.568. The van der Waals surface area contributed by atoms with Crippen molar-refractivity contribution in [3.05, 3.63) is 29.6 Å². The number of likely N-dealkylation sites (N-methyl/N-ethyl adjacent to an activating group) is 1. The van der Waals surface area contributed by atoms with Gasteiger partial charge in [0.15, 0.2) is 23.1 Å². The van der Waals surface area contributed by atoms with Crippen LogP contribution in [0.4, 0.5) is 10.2 Å². The van der Waals surface area contributed by atoms with Crippen molar-refractivity contribution < 1.29 is 26.9 Å². The number of sulfonamides is 1. The van der Waals surface area contributed by atoms with Crippen LogP contribution in [0.2, 0.25) is 0 Å². The van der Waals surface area contributed by atoms with Gasteiger partial charge < -0.3 is 19.5 Å². The first kappa shape index (κ1) is 21.6. The van der Waals surface area contributed by atoms with E-state index in [0.29, 0.717) is 5.56 Å². The van der Waals surface area contributed by atoms with E-state index < -0.39 is 21.7 Å². The summed E-state index contributed by atoms with van der Waals surface area (Å²) in [6.45, 7) is 0.194. The molecule has 1 N–H and O–H groups in total. The number of halogens is 1. The monoisotopic (exact) mass is 414 g/mol. The molecule has 1 aromatic heterocycles. The molecule has 0 bridgehead atoms. The quantitative estimate of drug-likeness (QED) is 0.691. The Labute approximate surface area is 163 Å². The highest BCUT2D eigenvalue weighted by atomic mass is 32.2. The van der Waals surface area contributed by atoms with Gasteiger partial charge in [-0.3, -0.25) is 4.79 Å². The van der Waals surface area contributed by atoms with Crippen molar-refractivity contribution in [1.82, 2.24) is 14.8 Å². The maximum Gasteiger partial charge on any atom is 0.259 e. The molecular formula is C17H23FN4O5S. The van der Waals surface area contributed by atoms with E-state index >= 15 is 0 Å². The first-order chi connectivity index (χ1) is 13.1. The number of carbonyl (C=O) groups excluding carboxylic acids is 1. The van der Waals surface area contributed by atoms with Gasteiger partial charge in [0.1, 0.15) is 5.56 Å². The minimum atomic E-state index is -3.35. The van der Waals surface area contributed by atoms with E-state index in [1.54, 1.807) is 19.0 Å². The number of nitrogens with one attached hydrogen (secondary N) is 1. The van der Waals surface area contributed by atoms with Crippen molar-refractivity contribution in [2.45, 2.75) is 0 Å². The summed E-state index contributed by atoms with van der Waals surface area (Å²) in [6.07, 6.45) is 1.08. The van der Waals surface area contributed by atoms with Crippen molar-refractivity contribution in [2.75, 3.05) is 52.5 Å². The molecule has 0 aliphatic rings. The fourth-order valence-corrected chi connectivity index (χ4v) is 2.79. The van der Waals surface area contributed by atoms with E-state index in [2.05, 4.69) is 10.5 Å². The molecule has 0 unspecified atom stereocenters. The number of hydrogen-bond acceptors (Lipinski definition) is 7. The number of aromatic nitrogens is 1. The minimum absolute atomic E-state index is 0.00133. The number of rotatable bonds is 8. The summed E-state index contributed by atoms with van der Waals surface area (Å²) >= 11 is 0. The molecule has 2 aromatic rings. The fraction of sp³-hybridized carbons (Fsp3) is 0.412. The zero-order chi connectivity index (χ0) is 21.1. The highest BCUT2D eigenvalue weighted by Crippen LogP contribution is 2.33. The van der Waals surface area contributed by atoms with Gasteiger partial charge in [-0.15, -0.1) is 0 Å². The third-order valence-corrected chi connectivity index (χ3v) is 5.33. The molecular weight excluding hydrogens is 391 g/mol. The van der Waals surface area contributed by atoms with Crippen LogP contribution in [-0.4, -0.2) is 71.4 Å². The number of methoxy groups -OCH3 is 1. The topological polar surface area (TPSA) is 105 Å². The largest absolute Gasteiger partial charge is 0.494 e. The van der Waals surface area contributed by atoms with Crippen LogP contribution in [0, 0.1) is 5.82 Å². The summed E-state index contributed by atoms with van der Waals surface area (Å²) in [7, 11) is 2.80. The lowest BCUT2D eigenvalue weighted by molar-refractivity contribution is 0.0953. The molecule has 2 rings (SSSR count). The number of carbonyl (C=O) groups is 1. The average molecular weight is 414 g/mol. The standard InChI is InChI=1S/C17H23FN4O5S/c1-21(2)16-14(17(23)19-8-9-22(3)28(5,24)25)15(27-20-16)11-6-7-12(18)13(10-11)26-4/h6-7,10H,8-9H2,1-5H3,(H,19,23). The molecule has 0 spiro atoms. The molecule has 0 saturated heterocycles. The van der Waals surface area contributed by atoms with Crippen LogP contribution < -0.4 is 15.0 Å². The number of amides is 1. The number of nitrogens with zero attached hydrogens (tertiary/aromatic N) is 3. The molecule has 0 fully saturated rings. The molecule has 1 amide bonds. The first-order valence-corrected chi connectivity index (χ1v) is 10.1. The van der Waals surface area contributed by atoms with E-state index in [4.69, 9.17) is 9.26 Å². The smallest absolute Gasteiger partial charge is 0.259 e. The number of ether oxygens (including phenoxy) is 1. The molecule has 11 heteroatoms. The Balaban J connectivity index is 2.32. The summed E-state index contributed by atoms with van der Waals surface area (Å²) < 4.78 is 48.0. The third kappa shape index (κ3) is 4.78. The maximum absolute atomic E-state index is 13.7. The highest BCUT2D eigenvalue weighted by Gasteiger charge is 2.26. The Morgan fingerprint density at radius 2 is 2.00 bits per heavy atom. The van der Waals surface area contributed by atoms with Gasteiger partial charge in [-0.05, 0) is 18.2 Å². The van der Waals surface area contributed by atoms with Crippen LogP contribution in [0.25, 0.3) is 11.3 Å². The Morgan fingerprint density at radius 1 is 1.32 bits per heavy atom. The zero-order valence-corrected chi connectivity index (χ0v) is 17.1. The van der Waals surface area contributed by atoms with Gasteiger partial charge in [-0.1, -0.05) is 5.16 Å². The second-order valence-electron chi connectivity index (χ2n) is 6.29. The molecule has 1 heterocycles. The summed E-state index contributed by atoms with van der Waals surface area (Å²) in [4.78, 5) is 14.4. The van der Waals surface area contributed by atoms with E-state index in [0.717, 1.165) is 10.6 Å². The lowest BCUT2D eigenvalue weighted by Crippen LogP contribution is -2.36. The Bertz CT molecular complexity index is 958. The highest BCUT2D eigenvalue weighted by molar-refractivity contribution is 7.88. The number of anilines is 1. The van der Waals surface area contributed by atoms with Gasteiger partial charge in [-0.2, -0.15) is 0 Å². The average Bonchev–Trinajstić information content (AvgIpc) is 3.06. The van der Waals surface area contributed by atoms with Crippen LogP contribution in [0.3, 0.4) is 0 Å². The van der Waals surface area contributed by atoms with Crippen LogP contribution in [-0.2, 0) is 10.0 Å². The van der Waals surface area contributed by atoms with Gasteiger partial charge in [0.25, 0.3) is 5.91 Å². The van der Waals surface area contributed by atoms with Gasteiger partial charge in [0, 0.05) is 39.8 Å². The van der Waals surface area contributed by atoms with Gasteiger partial charge in [-0.25, -0.2) is 17.1 Å². The molecule has 0 radical (unpaired) electrons. The second kappa shape index (κ2) is 8.57. The van der Waals surface area contributed by atoms with E-state index in [9.17, 15) is 17.6 Å². The second-order valence-corrected chi connectivity index (χ2v) is 8.38. The summed E-state index contributed by atoms with van der Waals surface area (Å²) in [5.74, 6) is -0.608. The number of benzene rings is 1. The van der Waals surface area contributed by atoms with Gasteiger partial charge in [0.2, 0.25) is 10.0 Å². The van der Waals surface area contributed by atoms with Crippen molar-refractivity contribution in [3.63, 3.8) is 0 Å². The number of hydrogen-bond donors (Lipinski definition) is 1.